The van der Waals surface area contributed by atoms with Crippen LogP contribution in [-0.4, -0.2) is 35.6 Å². The van der Waals surface area contributed by atoms with Crippen LogP contribution in [0, 0.1) is 18.6 Å². The first kappa shape index (κ1) is 31.5. The topological polar surface area (TPSA) is 88.5 Å². The number of aryl methyl sites for hydroxylation is 1. The van der Waals surface area contributed by atoms with E-state index in [1.54, 1.807) is 9.24 Å². The van der Waals surface area contributed by atoms with Gasteiger partial charge in [0.25, 0.3) is 11.6 Å². The lowest BCUT2D eigenvalue weighted by Crippen LogP contribution is -2.30. The Balaban J connectivity index is 0.000000360. The van der Waals surface area contributed by atoms with Crippen LogP contribution in [0.2, 0.25) is 0 Å². The number of carbonyl (C=O) groups excluding carboxylic acids is 1. The van der Waals surface area contributed by atoms with E-state index in [0.717, 1.165) is 29.3 Å². The molecule has 200 valence electrons. The molecule has 1 unspecified atom stereocenters. The molecule has 3 rings (SSSR count). The Bertz CT molecular complexity index is 1180. The van der Waals surface area contributed by atoms with Crippen LogP contribution in [0.4, 0.5) is 17.6 Å². The average Bonchev–Trinajstić information content (AvgIpc) is 2.83. The summed E-state index contributed by atoms with van der Waals surface area (Å²) in [7, 11) is 2.93. The number of nitrogens with one attached hydrogen (secondary N) is 1. The number of pyridine rings is 1. The maximum absolute atomic E-state index is 13.8. The molecular weight excluding hydrogens is 511 g/mol. The summed E-state index contributed by atoms with van der Waals surface area (Å²) in [6.07, 6.45) is 1.84. The number of carbonyl (C=O) groups is 2. The predicted molar refractivity (Wildman–Crippen MR) is 136 cm³/mol. The van der Waals surface area contributed by atoms with E-state index >= 15 is 0 Å². The number of hydrogen-bond acceptors (Lipinski definition) is 4. The van der Waals surface area contributed by atoms with Gasteiger partial charge < -0.3 is 15.2 Å². The second kappa shape index (κ2) is 14.9. The highest BCUT2D eigenvalue weighted by Gasteiger charge is 2.32. The van der Waals surface area contributed by atoms with Gasteiger partial charge in [-0.15, -0.1) is 0 Å². The van der Waals surface area contributed by atoms with Crippen LogP contribution >= 0.6 is 9.24 Å². The highest BCUT2D eigenvalue weighted by atomic mass is 31.0. The van der Waals surface area contributed by atoms with E-state index in [2.05, 4.69) is 4.98 Å². The van der Waals surface area contributed by atoms with Crippen molar-refractivity contribution >= 4 is 21.1 Å². The van der Waals surface area contributed by atoms with Gasteiger partial charge in [0.05, 0.1) is 18.4 Å². The zero-order valence-electron chi connectivity index (χ0n) is 20.8. The number of carboxylic acids is 1. The zero-order chi connectivity index (χ0) is 28.2. The minimum absolute atomic E-state index is 0.155. The molecule has 2 aromatic carbocycles. The van der Waals surface area contributed by atoms with Gasteiger partial charge in [0, 0.05) is 12.6 Å². The van der Waals surface area contributed by atoms with Crippen molar-refractivity contribution in [3.05, 3.63) is 94.3 Å². The Labute approximate surface area is 215 Å². The minimum atomic E-state index is -3.07. The minimum Gasteiger partial charge on any atom is -0.496 e. The third-order valence-electron chi connectivity index (χ3n) is 4.59. The molecule has 0 bridgehead atoms. The fourth-order valence-corrected chi connectivity index (χ4v) is 3.43. The lowest BCUT2D eigenvalue weighted by Gasteiger charge is -2.18. The Kier molecular flexibility index (Phi) is 12.7. The summed E-state index contributed by atoms with van der Waals surface area (Å²) in [5.74, 6) is -4.29. The van der Waals surface area contributed by atoms with Crippen molar-refractivity contribution in [1.82, 2.24) is 10.3 Å². The van der Waals surface area contributed by atoms with Crippen molar-refractivity contribution in [3.8, 4) is 5.75 Å². The van der Waals surface area contributed by atoms with E-state index in [4.69, 9.17) is 9.84 Å². The quantitative estimate of drug-likeness (QED) is 0.296. The number of amides is 1. The van der Waals surface area contributed by atoms with Gasteiger partial charge in [-0.25, -0.2) is 8.78 Å². The number of alkyl halides is 2. The number of nitrogens with zero attached hydrogens (tertiary/aromatic N) is 1. The Morgan fingerprint density at radius 1 is 1.08 bits per heavy atom. The Morgan fingerprint density at radius 2 is 1.68 bits per heavy atom. The van der Waals surface area contributed by atoms with E-state index in [9.17, 15) is 27.2 Å². The standard InChI is InChI=1S/C15H16F2NOP.C9H7F2NO3.C2H6/c1-10-4-3-5-11(8-10)9-12-14(15(16,17)20)13(19-2)6-7-18-12;10-5-2-1-3-6(11)8(5)9(15)12-4-7(13)14;1-2/h3-8H,9,20H2,1-2H3;1-3H,4H2,(H,12,15)(H,13,14);1-2H3. The van der Waals surface area contributed by atoms with Gasteiger partial charge in [-0.3, -0.25) is 14.6 Å². The normalized spacial score (nSPS) is 10.3. The van der Waals surface area contributed by atoms with Gasteiger partial charge in [-0.1, -0.05) is 59.0 Å². The molecule has 1 amide bonds. The summed E-state index contributed by atoms with van der Waals surface area (Å²) in [5, 5.41) is 10.1. The number of hydrogen-bond donors (Lipinski definition) is 2. The number of aliphatic carboxylic acids is 1. The summed E-state index contributed by atoms with van der Waals surface area (Å²) in [4.78, 5) is 25.3. The molecule has 6 nitrogen and oxygen atoms in total. The van der Waals surface area contributed by atoms with Gasteiger partial charge >= 0.3 is 5.97 Å². The Hall–Kier alpha value is -3.52. The van der Waals surface area contributed by atoms with E-state index in [1.807, 2.05) is 50.4 Å². The highest BCUT2D eigenvalue weighted by molar-refractivity contribution is 7.17. The molecule has 0 saturated carbocycles. The molecule has 0 aliphatic carbocycles. The van der Waals surface area contributed by atoms with Crippen LogP contribution in [0.25, 0.3) is 0 Å². The second-order valence-electron chi connectivity index (χ2n) is 7.30. The largest absolute Gasteiger partial charge is 0.496 e. The summed E-state index contributed by atoms with van der Waals surface area (Å²) >= 11 is 0. The molecule has 0 radical (unpaired) electrons. The van der Waals surface area contributed by atoms with E-state index in [-0.39, 0.29) is 11.3 Å². The van der Waals surface area contributed by atoms with Gasteiger partial charge in [0.2, 0.25) is 0 Å². The third-order valence-corrected chi connectivity index (χ3v) is 4.88. The SMILES string of the molecule is CC.COc1ccnc(Cc2cccc(C)c2)c1C(F)(F)P.O=C(O)CNC(=O)c1c(F)cccc1F. The number of halogens is 4. The van der Waals surface area contributed by atoms with Crippen LogP contribution in [0.5, 0.6) is 5.75 Å². The molecular formula is C26H29F4N2O4P. The van der Waals surface area contributed by atoms with Crippen LogP contribution in [0.1, 0.15) is 46.6 Å². The molecule has 3 aromatic rings. The number of methoxy groups -OCH3 is 1. The average molecular weight is 540 g/mol. The maximum Gasteiger partial charge on any atom is 0.322 e. The van der Waals surface area contributed by atoms with E-state index < -0.39 is 41.3 Å². The van der Waals surface area contributed by atoms with Crippen LogP contribution in [-0.2, 0) is 16.9 Å². The van der Waals surface area contributed by atoms with E-state index in [0.29, 0.717) is 12.1 Å². The van der Waals surface area contributed by atoms with Gasteiger partial charge in [0.1, 0.15) is 29.5 Å². The number of aromatic nitrogens is 1. The van der Waals surface area contributed by atoms with Crippen molar-refractivity contribution in [2.45, 2.75) is 32.9 Å². The molecule has 0 saturated heterocycles. The van der Waals surface area contributed by atoms with Crippen LogP contribution < -0.4 is 10.1 Å². The number of rotatable bonds is 7. The third kappa shape index (κ3) is 9.80. The van der Waals surface area contributed by atoms with Crippen molar-refractivity contribution in [2.75, 3.05) is 13.7 Å². The summed E-state index contributed by atoms with van der Waals surface area (Å²) in [5.41, 5.74) is -1.66. The lowest BCUT2D eigenvalue weighted by molar-refractivity contribution is -0.135. The first-order valence-corrected chi connectivity index (χ1v) is 11.7. The molecule has 2 N–H and O–H groups in total. The van der Waals surface area contributed by atoms with Crippen LogP contribution in [0.15, 0.2) is 54.7 Å². The molecule has 0 fully saturated rings. The Morgan fingerprint density at radius 3 is 2.19 bits per heavy atom. The summed E-state index contributed by atoms with van der Waals surface area (Å²) in [6.45, 7) is 5.28. The molecule has 0 aliphatic rings. The monoisotopic (exact) mass is 540 g/mol. The number of benzene rings is 2. The lowest BCUT2D eigenvalue weighted by atomic mass is 10.0. The van der Waals surface area contributed by atoms with Crippen LogP contribution in [0.3, 0.4) is 0 Å². The molecule has 37 heavy (non-hydrogen) atoms. The molecule has 1 atom stereocenters. The molecule has 11 heteroatoms. The maximum atomic E-state index is 13.8. The fraction of sp³-hybridized carbons (Fsp3) is 0.269. The predicted octanol–water partition coefficient (Wildman–Crippen LogP) is 5.72. The summed E-state index contributed by atoms with van der Waals surface area (Å²) < 4.78 is 58.6. The van der Waals surface area contributed by atoms with Gasteiger partial charge in [0.15, 0.2) is 0 Å². The van der Waals surface area contributed by atoms with Crippen molar-refractivity contribution in [3.63, 3.8) is 0 Å². The molecule has 1 aromatic heterocycles. The van der Waals surface area contributed by atoms with E-state index in [1.165, 1.54) is 19.4 Å². The number of carboxylic acid groups (broad SMARTS) is 1. The first-order valence-electron chi connectivity index (χ1n) is 11.1. The highest BCUT2D eigenvalue weighted by Crippen LogP contribution is 2.42. The van der Waals surface area contributed by atoms with Crippen molar-refractivity contribution in [1.29, 1.82) is 0 Å². The molecule has 0 aliphatic heterocycles. The number of ether oxygens (including phenoxy) is 1. The van der Waals surface area contributed by atoms with Crippen molar-refractivity contribution in [2.24, 2.45) is 0 Å². The van der Waals surface area contributed by atoms with Gasteiger partial charge in [-0.2, -0.15) is 8.78 Å². The zero-order valence-corrected chi connectivity index (χ0v) is 22.0. The molecule has 0 spiro atoms. The molecule has 1 heterocycles. The smallest absolute Gasteiger partial charge is 0.322 e. The van der Waals surface area contributed by atoms with Crippen molar-refractivity contribution < 1.29 is 37.0 Å². The summed E-state index contributed by atoms with van der Waals surface area (Å²) in [6, 6.07) is 12.1. The van der Waals surface area contributed by atoms with Gasteiger partial charge in [-0.05, 0) is 30.7 Å². The fourth-order valence-electron chi connectivity index (χ4n) is 3.12. The first-order chi connectivity index (χ1) is 17.4. The second-order valence-corrected chi connectivity index (χ2v) is 8.02.